The first-order valence-electron chi connectivity index (χ1n) is 23.4. The Hall–Kier alpha value is -2.87. The van der Waals surface area contributed by atoms with Crippen molar-refractivity contribution in [1.82, 2.24) is 4.90 Å². The number of ether oxygens (including phenoxy) is 1. The van der Waals surface area contributed by atoms with E-state index in [-0.39, 0.29) is 45.6 Å². The first-order valence-corrected chi connectivity index (χ1v) is 23.4. The highest BCUT2D eigenvalue weighted by Crippen LogP contribution is 2.80. The van der Waals surface area contributed by atoms with E-state index >= 15 is 4.79 Å². The number of carbonyl (C=O) groups excluding carboxylic acids is 2. The van der Waals surface area contributed by atoms with Crippen LogP contribution in [-0.2, 0) is 20.7 Å². The molecule has 2 N–H and O–H groups in total. The standard InChI is InChI=1S/C52H70N2O5/c1-30-22-31(2)24-32(23-30)25-33-28-54(35-16-21-53-41(33)35)29-52-20-19-47(5,26-37(56)45-46(3,4)59-45)40-36(55)27-50(8,42(40)52)49(7)18-14-38-48(6,43(49)44(52)58)17-15-39(57)51(38,9)34-12-10-11-13-34/h16,21-24,34,37-38,43-45,56,58H,10-15,17-20,25-29H2,1-9H3/t37-,38+,43-,44+,45+,47+,48-,49-,50+,51+,52-/m1/s1. The molecule has 6 aliphatic carbocycles. The van der Waals surface area contributed by atoms with Gasteiger partial charge < -0.3 is 19.8 Å². The molecular weight excluding hydrogens is 733 g/mol. The summed E-state index contributed by atoms with van der Waals surface area (Å²) in [7, 11) is 0. The fourth-order valence-corrected chi connectivity index (χ4v) is 16.7. The summed E-state index contributed by atoms with van der Waals surface area (Å²) in [6.07, 6.45) is 13.6. The van der Waals surface area contributed by atoms with Gasteiger partial charge in [-0.25, -0.2) is 0 Å². The van der Waals surface area contributed by atoms with Gasteiger partial charge in [-0.1, -0.05) is 76.8 Å². The molecule has 0 aromatic heterocycles. The molecule has 1 aromatic rings. The predicted molar refractivity (Wildman–Crippen MR) is 232 cm³/mol. The highest BCUT2D eigenvalue weighted by molar-refractivity contribution is 6.02. The Morgan fingerprint density at radius 2 is 1.63 bits per heavy atom. The van der Waals surface area contributed by atoms with Crippen LogP contribution in [-0.4, -0.2) is 69.9 Å². The molecule has 1 aromatic carbocycles. The summed E-state index contributed by atoms with van der Waals surface area (Å²) >= 11 is 0. The Balaban J connectivity index is 1.10. The molecule has 7 nitrogen and oxygen atoms in total. The normalized spacial score (nSPS) is 43.8. The molecule has 5 fully saturated rings. The van der Waals surface area contributed by atoms with E-state index in [1.165, 1.54) is 40.7 Å². The van der Waals surface area contributed by atoms with Gasteiger partial charge in [0.2, 0.25) is 0 Å². The average Bonchev–Trinajstić information content (AvgIpc) is 3.73. The van der Waals surface area contributed by atoms with Gasteiger partial charge in [0.1, 0.15) is 11.9 Å². The molecule has 59 heavy (non-hydrogen) atoms. The average molecular weight is 803 g/mol. The fourth-order valence-electron chi connectivity index (χ4n) is 16.7. The van der Waals surface area contributed by atoms with Crippen LogP contribution in [0, 0.1) is 64.1 Å². The number of rotatable bonds is 8. The van der Waals surface area contributed by atoms with Crippen LogP contribution < -0.4 is 0 Å². The topological polar surface area (TPSA) is 103 Å². The van der Waals surface area contributed by atoms with E-state index in [1.807, 2.05) is 20.1 Å². The minimum absolute atomic E-state index is 0.0716. The van der Waals surface area contributed by atoms with Crippen LogP contribution in [0.25, 0.3) is 0 Å². The Kier molecular flexibility index (Phi) is 8.76. The maximum absolute atomic E-state index is 15.2. The SMILES string of the molecule is Cc1cc(C)cc(CC2=C3N=CC=C3N(C[C@]34CC[C@@](C)(C[C@@H](O)[C@@H]5OC5(C)C)C5=C3[C@](C)(CC5=O)[C@]3(C)CC[C@H]5[C@@](C)(CCC(=O)[C@@]5(C)C5CCCC5)[C@H]3[C@@H]4O)C2)c1. The molecule has 0 unspecified atom stereocenters. The molecule has 0 spiro atoms. The summed E-state index contributed by atoms with van der Waals surface area (Å²) in [5, 5.41) is 25.7. The summed E-state index contributed by atoms with van der Waals surface area (Å²) in [5.41, 5.74) is 6.42. The van der Waals surface area contributed by atoms with Crippen molar-refractivity contribution in [2.45, 2.75) is 170 Å². The van der Waals surface area contributed by atoms with Gasteiger partial charge in [-0.05, 0) is 142 Å². The highest BCUT2D eigenvalue weighted by atomic mass is 16.6. The number of aliphatic hydroxyl groups excluding tert-OH is 2. The number of epoxide rings is 1. The first kappa shape index (κ1) is 40.2. The van der Waals surface area contributed by atoms with Crippen LogP contribution in [0.2, 0.25) is 0 Å². The lowest BCUT2D eigenvalue weighted by Gasteiger charge is -2.73. The van der Waals surface area contributed by atoms with Crippen molar-refractivity contribution in [3.8, 4) is 0 Å². The zero-order chi connectivity index (χ0) is 41.9. The van der Waals surface area contributed by atoms with E-state index in [9.17, 15) is 15.0 Å². The monoisotopic (exact) mass is 803 g/mol. The van der Waals surface area contributed by atoms with Crippen LogP contribution >= 0.6 is 0 Å². The minimum Gasteiger partial charge on any atom is -0.392 e. The van der Waals surface area contributed by atoms with E-state index in [2.05, 4.69) is 77.6 Å². The number of aryl methyl sites for hydroxylation is 2. The number of aliphatic hydroxyl groups is 2. The fraction of sp³-hybridized carbons (Fsp3) is 0.712. The molecule has 3 aliphatic heterocycles. The number of benzene rings is 1. The van der Waals surface area contributed by atoms with Crippen molar-refractivity contribution in [2.24, 2.45) is 55.2 Å². The Morgan fingerprint density at radius 3 is 2.31 bits per heavy atom. The smallest absolute Gasteiger partial charge is 0.160 e. The number of fused-ring (bicyclic) bond motifs is 5. The van der Waals surface area contributed by atoms with Gasteiger partial charge in [-0.3, -0.25) is 14.6 Å². The second-order valence-corrected chi connectivity index (χ2v) is 23.2. The third-order valence-electron chi connectivity index (χ3n) is 19.5. The second-order valence-electron chi connectivity index (χ2n) is 23.2. The second kappa shape index (κ2) is 12.8. The van der Waals surface area contributed by atoms with Gasteiger partial charge >= 0.3 is 0 Å². The number of allylic oxidation sites excluding steroid dienone is 2. The van der Waals surface area contributed by atoms with Gasteiger partial charge in [0.15, 0.2) is 5.78 Å². The van der Waals surface area contributed by atoms with Gasteiger partial charge in [-0.2, -0.15) is 0 Å². The highest BCUT2D eigenvalue weighted by Gasteiger charge is 2.77. The number of nitrogens with zero attached hydrogens (tertiary/aromatic N) is 2. The van der Waals surface area contributed by atoms with Crippen LogP contribution in [0.4, 0.5) is 0 Å². The van der Waals surface area contributed by atoms with Crippen molar-refractivity contribution in [3.63, 3.8) is 0 Å². The molecule has 0 bridgehead atoms. The molecule has 7 heteroatoms. The Morgan fingerprint density at radius 1 is 0.932 bits per heavy atom. The van der Waals surface area contributed by atoms with Crippen LogP contribution in [0.3, 0.4) is 0 Å². The molecular formula is C52H70N2O5. The zero-order valence-electron chi connectivity index (χ0n) is 37.5. The molecule has 1 saturated heterocycles. The quantitative estimate of drug-likeness (QED) is 0.254. The molecule has 0 radical (unpaired) electrons. The number of hydrogen-bond donors (Lipinski definition) is 2. The van der Waals surface area contributed by atoms with Gasteiger partial charge in [-0.15, -0.1) is 0 Å². The van der Waals surface area contributed by atoms with Crippen LogP contribution in [0.5, 0.6) is 0 Å². The van der Waals surface area contributed by atoms with Crippen molar-refractivity contribution in [3.05, 3.63) is 69.1 Å². The maximum Gasteiger partial charge on any atom is 0.160 e. The number of aliphatic imine (C=N–C) groups is 1. The summed E-state index contributed by atoms with van der Waals surface area (Å²) < 4.78 is 5.98. The molecule has 3 heterocycles. The third-order valence-corrected chi connectivity index (χ3v) is 19.5. The van der Waals surface area contributed by atoms with Crippen LogP contribution in [0.15, 0.2) is 57.4 Å². The molecule has 318 valence electrons. The van der Waals surface area contributed by atoms with E-state index in [0.717, 1.165) is 74.9 Å². The number of ketones is 2. The van der Waals surface area contributed by atoms with Gasteiger partial charge in [0, 0.05) is 54.0 Å². The summed E-state index contributed by atoms with van der Waals surface area (Å²) in [6, 6.07) is 6.81. The van der Waals surface area contributed by atoms with E-state index in [1.54, 1.807) is 0 Å². The summed E-state index contributed by atoms with van der Waals surface area (Å²) in [6.45, 7) is 21.6. The number of carbonyl (C=O) groups is 2. The molecule has 10 rings (SSSR count). The van der Waals surface area contributed by atoms with Crippen molar-refractivity contribution in [2.75, 3.05) is 13.1 Å². The van der Waals surface area contributed by atoms with E-state index in [4.69, 9.17) is 9.73 Å². The van der Waals surface area contributed by atoms with Crippen molar-refractivity contribution < 1.29 is 24.5 Å². The Bertz CT molecular complexity index is 2140. The number of hydrogen-bond acceptors (Lipinski definition) is 7. The molecule has 4 saturated carbocycles. The molecule has 11 atom stereocenters. The lowest BCUT2D eigenvalue weighted by Crippen LogP contribution is -2.72. The lowest BCUT2D eigenvalue weighted by atomic mass is 9.31. The van der Waals surface area contributed by atoms with Crippen molar-refractivity contribution in [1.29, 1.82) is 0 Å². The Labute approximate surface area is 353 Å². The molecule has 0 amide bonds. The summed E-state index contributed by atoms with van der Waals surface area (Å²) in [5.74, 6) is 1.21. The third kappa shape index (κ3) is 5.38. The van der Waals surface area contributed by atoms with Crippen LogP contribution in [0.1, 0.15) is 142 Å². The zero-order valence-corrected chi connectivity index (χ0v) is 37.5. The maximum atomic E-state index is 15.2. The first-order chi connectivity index (χ1) is 27.7. The minimum atomic E-state index is -0.694. The van der Waals surface area contributed by atoms with E-state index < -0.39 is 28.5 Å². The van der Waals surface area contributed by atoms with Gasteiger partial charge in [0.05, 0.1) is 29.2 Å². The predicted octanol–water partition coefficient (Wildman–Crippen LogP) is 9.35. The number of Topliss-reactive ketones (excluding diaryl/α,β-unsaturated/α-hetero) is 2. The van der Waals surface area contributed by atoms with E-state index in [0.29, 0.717) is 37.5 Å². The summed E-state index contributed by atoms with van der Waals surface area (Å²) in [4.78, 5) is 37.0. The molecule has 9 aliphatic rings. The van der Waals surface area contributed by atoms with Crippen molar-refractivity contribution >= 4 is 17.8 Å². The largest absolute Gasteiger partial charge is 0.392 e. The lowest BCUT2D eigenvalue weighted by molar-refractivity contribution is -0.245. The van der Waals surface area contributed by atoms with Gasteiger partial charge in [0.25, 0.3) is 0 Å².